The predicted octanol–water partition coefficient (Wildman–Crippen LogP) is 5.75. The van der Waals surface area contributed by atoms with Crippen LogP contribution >= 0.6 is 27.5 Å². The van der Waals surface area contributed by atoms with Crippen molar-refractivity contribution in [2.75, 3.05) is 19.1 Å². The topological polar surface area (TPSA) is 77.7 Å². The molecule has 188 valence electrons. The minimum Gasteiger partial charge on any atom is -0.497 e. The zero-order valence-corrected chi connectivity index (χ0v) is 22.6. The number of fused-ring (bicyclic) bond motifs is 1. The molecule has 3 aromatic heterocycles. The molecule has 0 N–H and O–H groups in total. The molecule has 0 radical (unpaired) electrons. The summed E-state index contributed by atoms with van der Waals surface area (Å²) in [6.45, 7) is 1.20. The van der Waals surface area contributed by atoms with Crippen molar-refractivity contribution in [3.05, 3.63) is 105 Å². The fourth-order valence-corrected chi connectivity index (χ4v) is 4.53. The molecule has 37 heavy (non-hydrogen) atoms. The highest BCUT2D eigenvalue weighted by Gasteiger charge is 2.19. The van der Waals surface area contributed by atoms with Gasteiger partial charge in [-0.15, -0.1) is 0 Å². The van der Waals surface area contributed by atoms with Crippen LogP contribution < -0.4 is 14.4 Å². The third-order valence-corrected chi connectivity index (χ3v) is 6.57. The number of ether oxygens (including phenoxy) is 2. The molecule has 0 saturated carbocycles. The average Bonchev–Trinajstić information content (AvgIpc) is 3.32. The largest absolute Gasteiger partial charge is 0.497 e. The van der Waals surface area contributed by atoms with E-state index in [4.69, 9.17) is 31.0 Å². The average molecular weight is 580 g/mol. The van der Waals surface area contributed by atoms with Gasteiger partial charge in [0.25, 0.3) is 0 Å². The number of methoxy groups -OCH3 is 2. The van der Waals surface area contributed by atoms with Crippen LogP contribution in [0.4, 0.5) is 5.82 Å². The van der Waals surface area contributed by atoms with Gasteiger partial charge in [0.05, 0.1) is 37.6 Å². The van der Waals surface area contributed by atoms with Crippen LogP contribution in [-0.4, -0.2) is 38.8 Å². The summed E-state index contributed by atoms with van der Waals surface area (Å²) in [5, 5.41) is 5.27. The quantitative estimate of drug-likeness (QED) is 0.220. The van der Waals surface area contributed by atoms with E-state index in [1.165, 1.54) is 0 Å². The number of benzene rings is 2. The lowest BCUT2D eigenvalue weighted by Gasteiger charge is -2.24. The third kappa shape index (κ3) is 5.84. The van der Waals surface area contributed by atoms with Crippen molar-refractivity contribution in [2.24, 2.45) is 0 Å². The first kappa shape index (κ1) is 25.0. The van der Waals surface area contributed by atoms with Crippen LogP contribution in [0, 0.1) is 0 Å². The van der Waals surface area contributed by atoms with E-state index in [0.29, 0.717) is 46.4 Å². The molecule has 0 saturated heterocycles. The number of hydrogen-bond acceptors (Lipinski definition) is 7. The maximum absolute atomic E-state index is 6.33. The molecule has 0 bridgehead atoms. The Balaban J connectivity index is 1.54. The molecule has 0 spiro atoms. The Hall–Kier alpha value is -3.69. The summed E-state index contributed by atoms with van der Waals surface area (Å²) in [7, 11) is 3.32. The fraction of sp³-hybridized carbons (Fsp3) is 0.185. The highest BCUT2D eigenvalue weighted by Crippen LogP contribution is 2.27. The molecule has 3 heterocycles. The van der Waals surface area contributed by atoms with E-state index < -0.39 is 0 Å². The van der Waals surface area contributed by atoms with E-state index in [0.717, 1.165) is 28.3 Å². The second kappa shape index (κ2) is 11.1. The van der Waals surface area contributed by atoms with Crippen molar-refractivity contribution in [1.29, 1.82) is 0 Å². The second-order valence-electron chi connectivity index (χ2n) is 8.34. The van der Waals surface area contributed by atoms with Crippen LogP contribution in [0.1, 0.15) is 22.6 Å². The third-order valence-electron chi connectivity index (χ3n) is 5.84. The molecule has 0 aliphatic carbocycles. The predicted molar refractivity (Wildman–Crippen MR) is 146 cm³/mol. The minimum atomic E-state index is 0.412. The van der Waals surface area contributed by atoms with Gasteiger partial charge in [0.2, 0.25) is 0 Å². The maximum atomic E-state index is 6.33. The van der Waals surface area contributed by atoms with Crippen LogP contribution in [0.3, 0.4) is 0 Å². The molecule has 0 unspecified atom stereocenters. The minimum absolute atomic E-state index is 0.412. The molecule has 5 rings (SSSR count). The second-order valence-corrected chi connectivity index (χ2v) is 9.56. The number of nitrogens with zero attached hydrogens (tertiary/aromatic N) is 6. The molecule has 0 aliphatic heterocycles. The van der Waals surface area contributed by atoms with E-state index in [-0.39, 0.29) is 0 Å². The maximum Gasteiger partial charge on any atom is 0.198 e. The van der Waals surface area contributed by atoms with E-state index in [1.54, 1.807) is 37.2 Å². The van der Waals surface area contributed by atoms with Crippen LogP contribution in [0.2, 0.25) is 5.02 Å². The zero-order valence-electron chi connectivity index (χ0n) is 20.3. The first-order valence-electron chi connectivity index (χ1n) is 11.5. The summed E-state index contributed by atoms with van der Waals surface area (Å²) < 4.78 is 13.1. The van der Waals surface area contributed by atoms with Gasteiger partial charge in [-0.05, 0) is 63.5 Å². The SMILES string of the molecule is COc1ccc(CN(Cc2ccc(OC)cc2)c2nc(Br)cn3nc(Cc4ncccc4Cl)nc23)cc1. The molecule has 10 heteroatoms. The number of aromatic nitrogens is 5. The van der Waals surface area contributed by atoms with Crippen molar-refractivity contribution in [2.45, 2.75) is 19.5 Å². The standard InChI is InChI=1S/C27H24BrClN6O2/c1-36-20-9-5-18(6-10-20)15-34(16-19-7-11-21(37-2)12-8-19)26-27-32-25(33-35(27)17-24(28)31-26)14-23-22(29)4-3-13-30-23/h3-13,17H,14-16H2,1-2H3. The van der Waals surface area contributed by atoms with Gasteiger partial charge in [-0.25, -0.2) is 14.5 Å². The molecule has 8 nitrogen and oxygen atoms in total. The van der Waals surface area contributed by atoms with Gasteiger partial charge in [-0.1, -0.05) is 35.9 Å². The van der Waals surface area contributed by atoms with Crippen molar-refractivity contribution < 1.29 is 9.47 Å². The summed E-state index contributed by atoms with van der Waals surface area (Å²) in [6, 6.07) is 19.6. The summed E-state index contributed by atoms with van der Waals surface area (Å²) in [5.74, 6) is 2.93. The van der Waals surface area contributed by atoms with Gasteiger partial charge in [-0.2, -0.15) is 5.10 Å². The number of pyridine rings is 1. The Morgan fingerprint density at radius 2 is 1.51 bits per heavy atom. The van der Waals surface area contributed by atoms with Gasteiger partial charge in [0.1, 0.15) is 16.1 Å². The number of hydrogen-bond donors (Lipinski definition) is 0. The van der Waals surface area contributed by atoms with E-state index in [9.17, 15) is 0 Å². The van der Waals surface area contributed by atoms with E-state index in [2.05, 4.69) is 30.9 Å². The summed E-state index contributed by atoms with van der Waals surface area (Å²) in [6.07, 6.45) is 3.93. The molecule has 0 atom stereocenters. The van der Waals surface area contributed by atoms with Crippen molar-refractivity contribution in [3.63, 3.8) is 0 Å². The highest BCUT2D eigenvalue weighted by atomic mass is 79.9. The smallest absolute Gasteiger partial charge is 0.198 e. The Morgan fingerprint density at radius 1 is 0.892 bits per heavy atom. The first-order chi connectivity index (χ1) is 18.0. The lowest BCUT2D eigenvalue weighted by molar-refractivity contribution is 0.414. The fourth-order valence-electron chi connectivity index (χ4n) is 3.98. The molecule has 0 amide bonds. The summed E-state index contributed by atoms with van der Waals surface area (Å²) in [4.78, 5) is 16.2. The van der Waals surface area contributed by atoms with Crippen LogP contribution in [-0.2, 0) is 19.5 Å². The van der Waals surface area contributed by atoms with Crippen molar-refractivity contribution in [3.8, 4) is 11.5 Å². The van der Waals surface area contributed by atoms with Crippen LogP contribution in [0.25, 0.3) is 5.65 Å². The molecule has 0 fully saturated rings. The van der Waals surface area contributed by atoms with Crippen molar-refractivity contribution in [1.82, 2.24) is 24.6 Å². The zero-order chi connectivity index (χ0) is 25.8. The number of halogens is 2. The van der Waals surface area contributed by atoms with Gasteiger partial charge < -0.3 is 14.4 Å². The summed E-state index contributed by atoms with van der Waals surface area (Å²) in [5.41, 5.74) is 3.58. The Morgan fingerprint density at radius 3 is 2.08 bits per heavy atom. The highest BCUT2D eigenvalue weighted by molar-refractivity contribution is 9.10. The van der Waals surface area contributed by atoms with Crippen LogP contribution in [0.5, 0.6) is 11.5 Å². The molecule has 0 aliphatic rings. The molecule has 5 aromatic rings. The van der Waals surface area contributed by atoms with Gasteiger partial charge in [0, 0.05) is 19.3 Å². The van der Waals surface area contributed by atoms with Gasteiger partial charge >= 0.3 is 0 Å². The van der Waals surface area contributed by atoms with Gasteiger partial charge in [-0.3, -0.25) is 4.98 Å². The molecular weight excluding hydrogens is 556 g/mol. The Kier molecular flexibility index (Phi) is 7.52. The summed E-state index contributed by atoms with van der Waals surface area (Å²) >= 11 is 9.89. The molecular formula is C27H24BrClN6O2. The Labute approximate surface area is 228 Å². The van der Waals surface area contributed by atoms with E-state index in [1.807, 2.05) is 54.6 Å². The van der Waals surface area contributed by atoms with E-state index >= 15 is 0 Å². The Bertz CT molecular complexity index is 1460. The molecule has 2 aromatic carbocycles. The lowest BCUT2D eigenvalue weighted by Crippen LogP contribution is -2.24. The van der Waals surface area contributed by atoms with Crippen molar-refractivity contribution >= 4 is 39.0 Å². The van der Waals surface area contributed by atoms with Gasteiger partial charge in [0.15, 0.2) is 17.3 Å². The van der Waals surface area contributed by atoms with Crippen LogP contribution in [0.15, 0.2) is 77.7 Å². The number of rotatable bonds is 9. The first-order valence-corrected chi connectivity index (χ1v) is 12.7. The normalized spacial score (nSPS) is 11.0. The monoisotopic (exact) mass is 578 g/mol. The number of anilines is 1. The lowest BCUT2D eigenvalue weighted by atomic mass is 10.1.